The third kappa shape index (κ3) is 4.20. The molecule has 1 atom stereocenters. The Morgan fingerprint density at radius 3 is 2.46 bits per heavy atom. The Bertz CT molecular complexity index is 1810. The molecule has 3 aromatic heterocycles. The van der Waals surface area contributed by atoms with Gasteiger partial charge in [-0.3, -0.25) is 4.98 Å². The minimum Gasteiger partial charge on any atom is -0.381 e. The highest BCUT2D eigenvalue weighted by Crippen LogP contribution is 2.44. The van der Waals surface area contributed by atoms with E-state index in [-0.39, 0.29) is 27.2 Å². The fourth-order valence-corrected chi connectivity index (χ4v) is 6.76. The Morgan fingerprint density at radius 1 is 1.10 bits per heavy atom. The van der Waals surface area contributed by atoms with Gasteiger partial charge in [0.05, 0.1) is 38.9 Å². The van der Waals surface area contributed by atoms with Crippen LogP contribution in [0, 0.1) is 24.5 Å². The van der Waals surface area contributed by atoms with Crippen molar-refractivity contribution in [2.45, 2.75) is 30.7 Å². The highest BCUT2D eigenvalue weighted by atomic mass is 32.2. The highest BCUT2D eigenvalue weighted by molar-refractivity contribution is 7.91. The normalized spacial score (nSPS) is 15.8. The predicted octanol–water partition coefficient (Wildman–Crippen LogP) is 4.99. The number of ether oxygens (including phenoxy) is 1. The molecule has 8 nitrogen and oxygen atoms in total. The fraction of sp³-hybridized carbons (Fsp3) is 0.321. The van der Waals surface area contributed by atoms with Crippen molar-refractivity contribution in [3.8, 4) is 11.3 Å². The van der Waals surface area contributed by atoms with Gasteiger partial charge >= 0.3 is 0 Å². The molecule has 6 rings (SSSR count). The summed E-state index contributed by atoms with van der Waals surface area (Å²) in [6.45, 7) is 2.91. The molecular weight excluding hydrogens is 524 g/mol. The Labute approximate surface area is 224 Å². The van der Waals surface area contributed by atoms with Crippen LogP contribution in [0.15, 0.2) is 53.6 Å². The molecule has 2 aromatic carbocycles. The minimum atomic E-state index is -3.93. The Hall–Kier alpha value is -3.70. The molecule has 0 N–H and O–H groups in total. The number of nitrogens with zero attached hydrogens (tertiary/aromatic N) is 5. The van der Waals surface area contributed by atoms with Crippen LogP contribution in [0.2, 0.25) is 0 Å². The zero-order chi connectivity index (χ0) is 27.5. The van der Waals surface area contributed by atoms with E-state index in [1.807, 2.05) is 43.3 Å². The topological polar surface area (TPSA) is 91.9 Å². The number of halogens is 2. The van der Waals surface area contributed by atoms with E-state index in [4.69, 9.17) is 4.74 Å². The van der Waals surface area contributed by atoms with Crippen molar-refractivity contribution in [2.24, 2.45) is 13.0 Å². The lowest BCUT2D eigenvalue weighted by Crippen LogP contribution is -2.27. The summed E-state index contributed by atoms with van der Waals surface area (Å²) in [6, 6.07) is 11.8. The Balaban J connectivity index is 1.79. The number of hydrogen-bond acceptors (Lipinski definition) is 6. The first-order valence-electron chi connectivity index (χ1n) is 12.7. The SMILES string of the molecule is Cc1nnn(C)c1-c1cnc2c3c(S(C)(=O)=O)cc(F)c(F)c3n([C@H](c3ccccc3)C3CCOCC3)c2c1. The zero-order valence-electron chi connectivity index (χ0n) is 21.7. The summed E-state index contributed by atoms with van der Waals surface area (Å²) in [6.07, 6.45) is 3.99. The molecule has 0 bridgehead atoms. The van der Waals surface area contributed by atoms with Crippen molar-refractivity contribution in [3.05, 3.63) is 71.6 Å². The summed E-state index contributed by atoms with van der Waals surface area (Å²) in [5.41, 5.74) is 3.65. The fourth-order valence-electron chi connectivity index (χ4n) is 5.88. The maximum Gasteiger partial charge on any atom is 0.183 e. The molecule has 0 aliphatic carbocycles. The van der Waals surface area contributed by atoms with Gasteiger partial charge in [-0.2, -0.15) is 0 Å². The van der Waals surface area contributed by atoms with E-state index in [9.17, 15) is 8.42 Å². The second-order valence-electron chi connectivity index (χ2n) is 10.1. The Morgan fingerprint density at radius 2 is 1.82 bits per heavy atom. The molecular formula is C28H27F2N5O3S. The molecule has 4 heterocycles. The zero-order valence-corrected chi connectivity index (χ0v) is 22.5. The van der Waals surface area contributed by atoms with E-state index < -0.39 is 27.5 Å². The second-order valence-corrected chi connectivity index (χ2v) is 12.1. The van der Waals surface area contributed by atoms with Gasteiger partial charge in [-0.25, -0.2) is 21.9 Å². The summed E-state index contributed by atoms with van der Waals surface area (Å²) < 4.78 is 65.9. The van der Waals surface area contributed by atoms with E-state index in [1.54, 1.807) is 22.5 Å². The van der Waals surface area contributed by atoms with Crippen LogP contribution in [0.1, 0.15) is 30.1 Å². The van der Waals surface area contributed by atoms with E-state index in [2.05, 4.69) is 15.3 Å². The van der Waals surface area contributed by atoms with Gasteiger partial charge in [-0.15, -0.1) is 5.10 Å². The van der Waals surface area contributed by atoms with Gasteiger partial charge < -0.3 is 9.30 Å². The van der Waals surface area contributed by atoms with Gasteiger partial charge in [0.25, 0.3) is 0 Å². The van der Waals surface area contributed by atoms with Crippen LogP contribution >= 0.6 is 0 Å². The largest absolute Gasteiger partial charge is 0.381 e. The number of fused-ring (bicyclic) bond motifs is 3. The molecule has 39 heavy (non-hydrogen) atoms. The molecule has 5 aromatic rings. The number of aryl methyl sites for hydroxylation is 2. The van der Waals surface area contributed by atoms with Crippen molar-refractivity contribution in [1.82, 2.24) is 24.5 Å². The van der Waals surface area contributed by atoms with E-state index in [1.165, 1.54) is 0 Å². The Kier molecular flexibility index (Phi) is 6.22. The average Bonchev–Trinajstić information content (AvgIpc) is 3.43. The highest BCUT2D eigenvalue weighted by Gasteiger charge is 2.34. The van der Waals surface area contributed by atoms with Crippen molar-refractivity contribution < 1.29 is 21.9 Å². The maximum absolute atomic E-state index is 15.9. The summed E-state index contributed by atoms with van der Waals surface area (Å²) in [5.74, 6) is -2.31. The van der Waals surface area contributed by atoms with E-state index in [0.29, 0.717) is 42.8 Å². The van der Waals surface area contributed by atoms with Crippen LogP contribution in [-0.2, 0) is 21.6 Å². The van der Waals surface area contributed by atoms with Crippen LogP contribution in [0.25, 0.3) is 33.2 Å². The third-order valence-corrected chi connectivity index (χ3v) is 8.68. The second kappa shape index (κ2) is 9.49. The number of pyridine rings is 1. The van der Waals surface area contributed by atoms with Gasteiger partial charge in [0.2, 0.25) is 0 Å². The van der Waals surface area contributed by atoms with E-state index >= 15 is 8.78 Å². The van der Waals surface area contributed by atoms with E-state index in [0.717, 1.165) is 23.6 Å². The molecule has 0 amide bonds. The van der Waals surface area contributed by atoms with Crippen LogP contribution < -0.4 is 0 Å². The summed E-state index contributed by atoms with van der Waals surface area (Å²) in [5, 5.41) is 8.31. The number of benzene rings is 2. The standard InChI is InChI=1S/C28H27F2N5O3S/c1-16-26(34(2)33-32-16)19-13-21-25(31-15-19)23-22(39(3,36)37)14-20(29)24(30)28(23)35(21)27(17-7-5-4-6-8-17)18-9-11-38-12-10-18/h4-8,13-15,18,27H,9-12H2,1-3H3/t27-/m1/s1. The van der Waals surface area contributed by atoms with Crippen LogP contribution in [0.5, 0.6) is 0 Å². The lowest BCUT2D eigenvalue weighted by molar-refractivity contribution is 0.0552. The van der Waals surface area contributed by atoms with Gasteiger partial charge in [-0.05, 0) is 43.4 Å². The maximum atomic E-state index is 15.9. The van der Waals surface area contributed by atoms with Gasteiger partial charge in [0.15, 0.2) is 21.5 Å². The van der Waals surface area contributed by atoms with Gasteiger partial charge in [0.1, 0.15) is 0 Å². The third-order valence-electron chi connectivity index (χ3n) is 7.56. The van der Waals surface area contributed by atoms with Crippen LogP contribution in [0.3, 0.4) is 0 Å². The first-order valence-corrected chi connectivity index (χ1v) is 14.6. The number of rotatable bonds is 5. The molecule has 11 heteroatoms. The lowest BCUT2D eigenvalue weighted by Gasteiger charge is -2.33. The van der Waals surface area contributed by atoms with Crippen LogP contribution in [-0.4, -0.2) is 52.4 Å². The molecule has 0 spiro atoms. The number of aromatic nitrogens is 5. The average molecular weight is 552 g/mol. The monoisotopic (exact) mass is 551 g/mol. The molecule has 1 saturated heterocycles. The molecule has 0 saturated carbocycles. The van der Waals surface area contributed by atoms with Crippen LogP contribution in [0.4, 0.5) is 8.78 Å². The molecule has 202 valence electrons. The summed E-state index contributed by atoms with van der Waals surface area (Å²) in [4.78, 5) is 4.37. The van der Waals surface area contributed by atoms with Gasteiger partial charge in [-0.1, -0.05) is 35.5 Å². The van der Waals surface area contributed by atoms with Crippen molar-refractivity contribution in [2.75, 3.05) is 19.5 Å². The molecule has 1 aliphatic heterocycles. The number of sulfone groups is 1. The molecule has 0 unspecified atom stereocenters. The van der Waals surface area contributed by atoms with Crippen molar-refractivity contribution in [1.29, 1.82) is 0 Å². The van der Waals surface area contributed by atoms with Crippen molar-refractivity contribution >= 4 is 31.8 Å². The van der Waals surface area contributed by atoms with Gasteiger partial charge in [0, 0.05) is 43.7 Å². The molecule has 1 fully saturated rings. The smallest absolute Gasteiger partial charge is 0.183 e. The first-order chi connectivity index (χ1) is 18.7. The predicted molar refractivity (Wildman–Crippen MR) is 143 cm³/mol. The number of hydrogen-bond donors (Lipinski definition) is 0. The minimum absolute atomic E-state index is 0.0214. The summed E-state index contributed by atoms with van der Waals surface area (Å²) >= 11 is 0. The quantitative estimate of drug-likeness (QED) is 0.286. The van der Waals surface area contributed by atoms with Crippen molar-refractivity contribution in [3.63, 3.8) is 0 Å². The first kappa shape index (κ1) is 25.6. The molecule has 0 radical (unpaired) electrons. The lowest BCUT2D eigenvalue weighted by atomic mass is 9.86. The molecule has 1 aliphatic rings. The summed E-state index contributed by atoms with van der Waals surface area (Å²) in [7, 11) is -2.17.